The number of esters is 1. The number of carbonyl (C=O) groups excluding carboxylic acids is 1. The molecule has 0 aliphatic rings. The fourth-order valence-corrected chi connectivity index (χ4v) is 3.15. The van der Waals surface area contributed by atoms with Gasteiger partial charge in [0.15, 0.2) is 0 Å². The Morgan fingerprint density at radius 2 is 1.83 bits per heavy atom. The first-order valence-electron chi connectivity index (χ1n) is 11.3. The Hall–Kier alpha value is -3.36. The molecule has 0 amide bonds. The lowest BCUT2D eigenvalue weighted by molar-refractivity contribution is -0.156. The van der Waals surface area contributed by atoms with E-state index in [1.165, 1.54) is 10.6 Å². The van der Waals surface area contributed by atoms with Crippen LogP contribution in [0.4, 0.5) is 0 Å². The van der Waals surface area contributed by atoms with Crippen molar-refractivity contribution >= 4 is 17.6 Å². The summed E-state index contributed by atoms with van der Waals surface area (Å²) in [5.41, 5.74) is 0.671. The molecule has 0 saturated heterocycles. The van der Waals surface area contributed by atoms with Crippen molar-refractivity contribution in [1.82, 2.24) is 14.9 Å². The Morgan fingerprint density at radius 1 is 1.09 bits per heavy atom. The van der Waals surface area contributed by atoms with Gasteiger partial charge in [0.2, 0.25) is 0 Å². The van der Waals surface area contributed by atoms with E-state index in [4.69, 9.17) is 25.8 Å². The molecule has 0 aliphatic carbocycles. The third-order valence-electron chi connectivity index (χ3n) is 4.76. The van der Waals surface area contributed by atoms with E-state index in [0.717, 1.165) is 0 Å². The third kappa shape index (κ3) is 8.42. The summed E-state index contributed by atoms with van der Waals surface area (Å²) in [5.74, 6) is 0.811. The molecule has 1 unspecified atom stereocenters. The molecule has 2 aromatic heterocycles. The third-order valence-corrected chi connectivity index (χ3v) is 4.99. The van der Waals surface area contributed by atoms with Crippen LogP contribution >= 0.6 is 11.6 Å². The molecule has 35 heavy (non-hydrogen) atoms. The highest BCUT2D eigenvalue weighted by atomic mass is 35.5. The predicted octanol–water partition coefficient (Wildman–Crippen LogP) is 4.16. The number of pyridine rings is 2. The van der Waals surface area contributed by atoms with Crippen LogP contribution in [-0.4, -0.2) is 40.3 Å². The van der Waals surface area contributed by atoms with Crippen LogP contribution in [0.25, 0.3) is 5.69 Å². The molecule has 3 aromatic rings. The topological polar surface area (TPSA) is 91.7 Å². The van der Waals surface area contributed by atoms with Crippen LogP contribution in [0.2, 0.25) is 5.02 Å². The van der Waals surface area contributed by atoms with Gasteiger partial charge in [0.05, 0.1) is 10.7 Å². The Bertz CT molecular complexity index is 1170. The van der Waals surface area contributed by atoms with Crippen LogP contribution in [0, 0.1) is 0 Å². The molecule has 186 valence electrons. The van der Waals surface area contributed by atoms with Gasteiger partial charge < -0.3 is 19.5 Å². The molecule has 9 heteroatoms. The summed E-state index contributed by atoms with van der Waals surface area (Å²) >= 11 is 5.83. The zero-order chi connectivity index (χ0) is 25.4. The number of carbonyl (C=O) groups is 1. The summed E-state index contributed by atoms with van der Waals surface area (Å²) in [6.07, 6.45) is 3.21. The summed E-state index contributed by atoms with van der Waals surface area (Å²) in [6, 6.07) is 13.4. The smallest absolute Gasteiger partial charge is 0.323 e. The van der Waals surface area contributed by atoms with E-state index in [0.29, 0.717) is 41.1 Å². The highest BCUT2D eigenvalue weighted by Crippen LogP contribution is 2.16. The minimum Gasteiger partial charge on any atom is -0.492 e. The molecule has 1 atom stereocenters. The number of nitrogens with zero attached hydrogens (tertiary/aromatic N) is 2. The summed E-state index contributed by atoms with van der Waals surface area (Å²) in [7, 11) is 0. The van der Waals surface area contributed by atoms with Gasteiger partial charge in [-0.1, -0.05) is 11.6 Å². The SMILES string of the molecule is CC(NCCOc1ccc(-n2ccc(OCc3ccc(Cl)cn3)cc2=O)cc1)C(=O)OC(C)(C)C. The summed E-state index contributed by atoms with van der Waals surface area (Å²) in [4.78, 5) is 28.7. The van der Waals surface area contributed by atoms with Crippen LogP contribution in [0.5, 0.6) is 11.5 Å². The molecule has 8 nitrogen and oxygen atoms in total. The van der Waals surface area contributed by atoms with Gasteiger partial charge in [0.1, 0.15) is 36.4 Å². The number of hydrogen-bond donors (Lipinski definition) is 1. The van der Waals surface area contributed by atoms with Crippen LogP contribution in [-0.2, 0) is 16.1 Å². The van der Waals surface area contributed by atoms with Gasteiger partial charge in [-0.25, -0.2) is 0 Å². The molecular formula is C26H30ClN3O5. The molecule has 0 radical (unpaired) electrons. The van der Waals surface area contributed by atoms with E-state index < -0.39 is 11.6 Å². The van der Waals surface area contributed by atoms with E-state index in [1.807, 2.05) is 20.8 Å². The van der Waals surface area contributed by atoms with E-state index in [-0.39, 0.29) is 18.1 Å². The molecule has 0 fully saturated rings. The lowest BCUT2D eigenvalue weighted by Gasteiger charge is -2.22. The standard InChI is InChI=1S/C26H30ClN3O5/c1-18(25(32)35-26(2,3)4)28-12-14-33-22-9-7-21(8-10-22)30-13-11-23(15-24(30)31)34-17-20-6-5-19(27)16-29-20/h5-11,13,15-16,18,28H,12,14,17H2,1-4H3. The van der Waals surface area contributed by atoms with E-state index >= 15 is 0 Å². The number of ether oxygens (including phenoxy) is 3. The van der Waals surface area contributed by atoms with Gasteiger partial charge >= 0.3 is 5.97 Å². The lowest BCUT2D eigenvalue weighted by Crippen LogP contribution is -2.40. The van der Waals surface area contributed by atoms with Crippen LogP contribution < -0.4 is 20.3 Å². The van der Waals surface area contributed by atoms with Crippen molar-refractivity contribution in [2.45, 2.75) is 45.9 Å². The maximum atomic E-state index is 12.6. The highest BCUT2D eigenvalue weighted by Gasteiger charge is 2.21. The van der Waals surface area contributed by atoms with Crippen LogP contribution in [0.15, 0.2) is 65.7 Å². The van der Waals surface area contributed by atoms with E-state index in [2.05, 4.69) is 10.3 Å². The van der Waals surface area contributed by atoms with E-state index in [9.17, 15) is 9.59 Å². The van der Waals surface area contributed by atoms with Crippen molar-refractivity contribution in [3.8, 4) is 17.2 Å². The van der Waals surface area contributed by atoms with Gasteiger partial charge in [-0.3, -0.25) is 19.1 Å². The minimum atomic E-state index is -0.518. The first-order valence-corrected chi connectivity index (χ1v) is 11.6. The van der Waals surface area contributed by atoms with Crippen molar-refractivity contribution in [3.05, 3.63) is 82.0 Å². The number of rotatable bonds is 10. The van der Waals surface area contributed by atoms with Crippen molar-refractivity contribution in [3.63, 3.8) is 0 Å². The zero-order valence-corrected chi connectivity index (χ0v) is 21.0. The number of nitrogens with one attached hydrogen (secondary N) is 1. The maximum Gasteiger partial charge on any atom is 0.323 e. The normalized spacial score (nSPS) is 12.1. The minimum absolute atomic E-state index is 0.222. The molecule has 0 bridgehead atoms. The molecular weight excluding hydrogens is 470 g/mol. The van der Waals surface area contributed by atoms with Gasteiger partial charge in [-0.05, 0) is 70.2 Å². The molecule has 0 aliphatic heterocycles. The van der Waals surface area contributed by atoms with Gasteiger partial charge in [-0.15, -0.1) is 0 Å². The molecule has 0 saturated carbocycles. The second kappa shape index (κ2) is 11.9. The second-order valence-electron chi connectivity index (χ2n) is 8.88. The van der Waals surface area contributed by atoms with Crippen molar-refractivity contribution in [2.24, 2.45) is 0 Å². The molecule has 3 rings (SSSR count). The first-order chi connectivity index (χ1) is 16.6. The number of hydrogen-bond acceptors (Lipinski definition) is 7. The van der Waals surface area contributed by atoms with Crippen LogP contribution in [0.3, 0.4) is 0 Å². The molecule has 1 N–H and O–H groups in total. The lowest BCUT2D eigenvalue weighted by atomic mass is 10.2. The van der Waals surface area contributed by atoms with Gasteiger partial charge in [0, 0.05) is 30.7 Å². The molecule has 1 aromatic carbocycles. The van der Waals surface area contributed by atoms with Crippen molar-refractivity contribution in [2.75, 3.05) is 13.2 Å². The fourth-order valence-electron chi connectivity index (χ4n) is 3.03. The quantitative estimate of drug-likeness (QED) is 0.330. The fraction of sp³-hybridized carbons (Fsp3) is 0.346. The Kier molecular flexibility index (Phi) is 8.89. The Balaban J connectivity index is 1.48. The number of benzene rings is 1. The molecule has 0 spiro atoms. The maximum absolute atomic E-state index is 12.6. The second-order valence-corrected chi connectivity index (χ2v) is 9.32. The van der Waals surface area contributed by atoms with Crippen LogP contribution in [0.1, 0.15) is 33.4 Å². The van der Waals surface area contributed by atoms with Crippen molar-refractivity contribution in [1.29, 1.82) is 0 Å². The molecule has 2 heterocycles. The summed E-state index contributed by atoms with van der Waals surface area (Å²) < 4.78 is 18.2. The average molecular weight is 500 g/mol. The Labute approximate surface area is 209 Å². The number of halogens is 1. The predicted molar refractivity (Wildman–Crippen MR) is 134 cm³/mol. The summed E-state index contributed by atoms with van der Waals surface area (Å²) in [5, 5.41) is 3.63. The van der Waals surface area contributed by atoms with Gasteiger partial charge in [-0.2, -0.15) is 0 Å². The van der Waals surface area contributed by atoms with Crippen molar-refractivity contribution < 1.29 is 19.0 Å². The van der Waals surface area contributed by atoms with Gasteiger partial charge in [0.25, 0.3) is 5.56 Å². The Morgan fingerprint density at radius 3 is 2.46 bits per heavy atom. The monoisotopic (exact) mass is 499 g/mol. The average Bonchev–Trinajstić information content (AvgIpc) is 2.81. The number of aromatic nitrogens is 2. The largest absolute Gasteiger partial charge is 0.492 e. The zero-order valence-electron chi connectivity index (χ0n) is 20.3. The first kappa shape index (κ1) is 26.2. The summed E-state index contributed by atoms with van der Waals surface area (Å²) in [6.45, 7) is 8.35. The highest BCUT2D eigenvalue weighted by molar-refractivity contribution is 6.30. The van der Waals surface area contributed by atoms with E-state index in [1.54, 1.807) is 61.8 Å².